The predicted octanol–water partition coefficient (Wildman–Crippen LogP) is 3.64. The van der Waals surface area contributed by atoms with Crippen molar-refractivity contribution in [2.75, 3.05) is 10.6 Å². The third-order valence-electron chi connectivity index (χ3n) is 4.66. The van der Waals surface area contributed by atoms with E-state index in [1.807, 2.05) is 0 Å². The van der Waals surface area contributed by atoms with Gasteiger partial charge in [-0.25, -0.2) is 24.3 Å². The van der Waals surface area contributed by atoms with Crippen molar-refractivity contribution in [3.05, 3.63) is 41.6 Å². The Balaban J connectivity index is 1.60. The first-order valence-electron chi connectivity index (χ1n) is 8.80. The van der Waals surface area contributed by atoms with Crippen LogP contribution >= 0.6 is 11.6 Å². The highest BCUT2D eigenvalue weighted by molar-refractivity contribution is 6.31. The van der Waals surface area contributed by atoms with Crippen LogP contribution in [0.2, 0.25) is 5.02 Å². The van der Waals surface area contributed by atoms with Gasteiger partial charge in [-0.2, -0.15) is 0 Å². The van der Waals surface area contributed by atoms with Crippen molar-refractivity contribution in [2.45, 2.75) is 37.8 Å². The molecule has 0 radical (unpaired) electrons. The molecule has 1 fully saturated rings. The summed E-state index contributed by atoms with van der Waals surface area (Å²) in [4.78, 5) is 17.4. The number of benzene rings is 1. The van der Waals surface area contributed by atoms with E-state index in [4.69, 9.17) is 17.3 Å². The first-order chi connectivity index (χ1) is 13.1. The molecule has 1 saturated carbocycles. The highest BCUT2D eigenvalue weighted by Crippen LogP contribution is 2.26. The molecule has 0 amide bonds. The van der Waals surface area contributed by atoms with Gasteiger partial charge >= 0.3 is 0 Å². The highest BCUT2D eigenvalue weighted by atomic mass is 35.5. The SMILES string of the molecule is NC1CCC(Nc2ncc3ncnc(Nc4ccc(F)c(Cl)c4)c3n2)CC1. The lowest BCUT2D eigenvalue weighted by Gasteiger charge is -2.26. The number of rotatable bonds is 4. The summed E-state index contributed by atoms with van der Waals surface area (Å²) in [6, 6.07) is 4.97. The van der Waals surface area contributed by atoms with Gasteiger partial charge in [0.25, 0.3) is 0 Å². The summed E-state index contributed by atoms with van der Waals surface area (Å²) < 4.78 is 13.4. The van der Waals surface area contributed by atoms with Crippen molar-refractivity contribution >= 4 is 40.1 Å². The topological polar surface area (TPSA) is 102 Å². The van der Waals surface area contributed by atoms with Crippen molar-refractivity contribution in [3.63, 3.8) is 0 Å². The summed E-state index contributed by atoms with van der Waals surface area (Å²) in [5, 5.41) is 6.52. The molecular formula is C18H19ClFN7. The Morgan fingerprint density at radius 3 is 2.70 bits per heavy atom. The van der Waals surface area contributed by atoms with Crippen molar-refractivity contribution in [1.29, 1.82) is 0 Å². The van der Waals surface area contributed by atoms with Gasteiger partial charge in [-0.1, -0.05) is 11.6 Å². The maximum atomic E-state index is 13.4. The standard InChI is InChI=1S/C18H19ClFN7/c19-13-7-12(5-6-14(13)20)25-17-16-15(23-9-24-17)8-22-18(27-16)26-11-3-1-10(21)2-4-11/h5-11H,1-4,21H2,(H,22,26,27)(H,23,24,25). The first-order valence-corrected chi connectivity index (χ1v) is 9.18. The third-order valence-corrected chi connectivity index (χ3v) is 4.95. The maximum absolute atomic E-state index is 13.4. The second-order valence-corrected chi connectivity index (χ2v) is 7.07. The minimum Gasteiger partial charge on any atom is -0.351 e. The molecule has 4 rings (SSSR count). The van der Waals surface area contributed by atoms with Crippen LogP contribution in [0.1, 0.15) is 25.7 Å². The number of nitrogens with one attached hydrogen (secondary N) is 2. The molecule has 27 heavy (non-hydrogen) atoms. The number of fused-ring (bicyclic) bond motifs is 1. The van der Waals surface area contributed by atoms with E-state index in [1.165, 1.54) is 18.5 Å². The van der Waals surface area contributed by atoms with Gasteiger partial charge in [0.2, 0.25) is 5.95 Å². The molecule has 7 nitrogen and oxygen atoms in total. The van der Waals surface area contributed by atoms with Crippen LogP contribution in [0.5, 0.6) is 0 Å². The normalized spacial score (nSPS) is 19.8. The zero-order valence-electron chi connectivity index (χ0n) is 14.5. The number of hydrogen-bond acceptors (Lipinski definition) is 7. The monoisotopic (exact) mass is 387 g/mol. The largest absolute Gasteiger partial charge is 0.351 e. The number of anilines is 3. The number of nitrogens with zero attached hydrogens (tertiary/aromatic N) is 4. The number of hydrogen-bond donors (Lipinski definition) is 3. The Morgan fingerprint density at radius 2 is 1.93 bits per heavy atom. The lowest BCUT2D eigenvalue weighted by molar-refractivity contribution is 0.410. The fourth-order valence-corrected chi connectivity index (χ4v) is 3.35. The zero-order chi connectivity index (χ0) is 18.8. The van der Waals surface area contributed by atoms with Gasteiger partial charge in [-0.3, -0.25) is 0 Å². The summed E-state index contributed by atoms with van der Waals surface area (Å²) in [5.74, 6) is 0.549. The molecule has 1 aromatic carbocycles. The average Bonchev–Trinajstić information content (AvgIpc) is 2.67. The van der Waals surface area contributed by atoms with Gasteiger partial charge in [0.1, 0.15) is 23.2 Å². The molecule has 3 aromatic rings. The lowest BCUT2D eigenvalue weighted by atomic mass is 9.92. The van der Waals surface area contributed by atoms with Crippen molar-refractivity contribution in [2.24, 2.45) is 5.73 Å². The van der Waals surface area contributed by atoms with Crippen LogP contribution in [-0.2, 0) is 0 Å². The minimum absolute atomic E-state index is 0.0332. The molecular weight excluding hydrogens is 369 g/mol. The summed E-state index contributed by atoms with van der Waals surface area (Å²) >= 11 is 5.85. The van der Waals surface area contributed by atoms with Crippen LogP contribution in [-0.4, -0.2) is 32.0 Å². The molecule has 2 heterocycles. The van der Waals surface area contributed by atoms with Crippen molar-refractivity contribution in [1.82, 2.24) is 19.9 Å². The molecule has 0 saturated heterocycles. The molecule has 9 heteroatoms. The summed E-state index contributed by atoms with van der Waals surface area (Å²) in [5.41, 5.74) is 7.75. The molecule has 2 aromatic heterocycles. The van der Waals surface area contributed by atoms with E-state index < -0.39 is 5.82 Å². The smallest absolute Gasteiger partial charge is 0.223 e. The number of aromatic nitrogens is 4. The zero-order valence-corrected chi connectivity index (χ0v) is 15.2. The maximum Gasteiger partial charge on any atom is 0.223 e. The summed E-state index contributed by atoms with van der Waals surface area (Å²) in [6.07, 6.45) is 7.05. The van der Waals surface area contributed by atoms with Crippen molar-refractivity contribution in [3.8, 4) is 0 Å². The quantitative estimate of drug-likeness (QED) is 0.628. The fourth-order valence-electron chi connectivity index (χ4n) is 3.17. The van der Waals surface area contributed by atoms with Crippen LogP contribution in [0.15, 0.2) is 30.7 Å². The number of nitrogens with two attached hydrogens (primary N) is 1. The van der Waals surface area contributed by atoms with Gasteiger partial charge in [-0.05, 0) is 43.9 Å². The molecule has 140 valence electrons. The molecule has 0 atom stereocenters. The minimum atomic E-state index is -0.476. The van der Waals surface area contributed by atoms with Gasteiger partial charge in [0.05, 0.1) is 11.2 Å². The molecule has 0 aliphatic heterocycles. The summed E-state index contributed by atoms with van der Waals surface area (Å²) in [7, 11) is 0. The molecule has 0 unspecified atom stereocenters. The third kappa shape index (κ3) is 4.06. The van der Waals surface area contributed by atoms with E-state index >= 15 is 0 Å². The molecule has 1 aliphatic carbocycles. The van der Waals surface area contributed by atoms with E-state index in [9.17, 15) is 4.39 Å². The Hall–Kier alpha value is -2.58. The Morgan fingerprint density at radius 1 is 1.11 bits per heavy atom. The average molecular weight is 388 g/mol. The van der Waals surface area contributed by atoms with E-state index in [0.717, 1.165) is 25.7 Å². The lowest BCUT2D eigenvalue weighted by Crippen LogP contribution is -2.33. The van der Waals surface area contributed by atoms with Gasteiger partial charge in [0, 0.05) is 17.8 Å². The molecule has 4 N–H and O–H groups in total. The Bertz CT molecular complexity index is 960. The van der Waals surface area contributed by atoms with Crippen LogP contribution < -0.4 is 16.4 Å². The summed E-state index contributed by atoms with van der Waals surface area (Å²) in [6.45, 7) is 0. The Labute approximate surface area is 160 Å². The number of halogens is 2. The van der Waals surface area contributed by atoms with Gasteiger partial charge < -0.3 is 16.4 Å². The Kier molecular flexibility index (Phi) is 5.00. The van der Waals surface area contributed by atoms with Gasteiger partial charge in [-0.15, -0.1) is 0 Å². The van der Waals surface area contributed by atoms with Crippen LogP contribution in [0, 0.1) is 5.82 Å². The molecule has 0 bridgehead atoms. The van der Waals surface area contributed by atoms with E-state index in [0.29, 0.717) is 34.5 Å². The van der Waals surface area contributed by atoms with Crippen LogP contribution in [0.4, 0.5) is 21.8 Å². The van der Waals surface area contributed by atoms with Gasteiger partial charge in [0.15, 0.2) is 5.82 Å². The van der Waals surface area contributed by atoms with Crippen LogP contribution in [0.3, 0.4) is 0 Å². The van der Waals surface area contributed by atoms with Crippen molar-refractivity contribution < 1.29 is 4.39 Å². The fraction of sp³-hybridized carbons (Fsp3) is 0.333. The van der Waals surface area contributed by atoms with Crippen LogP contribution in [0.25, 0.3) is 11.0 Å². The highest BCUT2D eigenvalue weighted by Gasteiger charge is 2.19. The second-order valence-electron chi connectivity index (χ2n) is 6.66. The molecule has 0 spiro atoms. The predicted molar refractivity (Wildman–Crippen MR) is 104 cm³/mol. The first kappa shape index (κ1) is 17.8. The second kappa shape index (κ2) is 7.58. The molecule has 1 aliphatic rings. The van der Waals surface area contributed by atoms with E-state index in [1.54, 1.807) is 12.3 Å². The van der Waals surface area contributed by atoms with E-state index in [2.05, 4.69) is 30.6 Å². The van der Waals surface area contributed by atoms with E-state index in [-0.39, 0.29) is 11.1 Å².